The van der Waals surface area contributed by atoms with E-state index in [4.69, 9.17) is 27.9 Å². The van der Waals surface area contributed by atoms with Gasteiger partial charge in [-0.25, -0.2) is 4.79 Å². The normalized spacial score (nSPS) is 11.9. The van der Waals surface area contributed by atoms with Crippen LogP contribution in [0.5, 0.6) is 0 Å². The van der Waals surface area contributed by atoms with Gasteiger partial charge in [0, 0.05) is 6.54 Å². The Morgan fingerprint density at radius 1 is 1.21 bits per heavy atom. The summed E-state index contributed by atoms with van der Waals surface area (Å²) in [4.78, 5) is 23.7. The lowest BCUT2D eigenvalue weighted by atomic mass is 10.0. The summed E-state index contributed by atoms with van der Waals surface area (Å²) < 4.78 is 4.82. The van der Waals surface area contributed by atoms with Gasteiger partial charge < -0.3 is 15.4 Å². The zero-order chi connectivity index (χ0) is 18.1. The molecule has 0 bridgehead atoms. The number of carbonyl (C=O) groups excluding carboxylic acids is 2. The molecule has 0 aliphatic heterocycles. The fraction of sp³-hybridized carbons (Fsp3) is 0.529. The van der Waals surface area contributed by atoms with Gasteiger partial charge >= 0.3 is 6.09 Å². The molecular weight excluding hydrogens is 351 g/mol. The van der Waals surface area contributed by atoms with Crippen molar-refractivity contribution in [3.63, 3.8) is 0 Å². The average molecular weight is 375 g/mol. The van der Waals surface area contributed by atoms with Crippen LogP contribution in [0.15, 0.2) is 18.2 Å². The molecule has 0 saturated heterocycles. The summed E-state index contributed by atoms with van der Waals surface area (Å²) in [6.07, 6.45) is 0.949. The summed E-state index contributed by atoms with van der Waals surface area (Å²) in [5.41, 5.74) is 1.06. The number of hydrogen-bond donors (Lipinski definition) is 2. The fourth-order valence-electron chi connectivity index (χ4n) is 2.14. The molecule has 2 amide bonds. The van der Waals surface area contributed by atoms with Crippen LogP contribution in [0.4, 0.5) is 4.79 Å². The number of benzene rings is 1. The molecule has 2 N–H and O–H groups in total. The van der Waals surface area contributed by atoms with Crippen molar-refractivity contribution >= 4 is 35.2 Å². The maximum atomic E-state index is 12.2. The largest absolute Gasteiger partial charge is 0.450 e. The highest BCUT2D eigenvalue weighted by atomic mass is 35.5. The second-order valence-electron chi connectivity index (χ2n) is 5.73. The Labute approximate surface area is 153 Å². The Hall–Kier alpha value is -1.46. The summed E-state index contributed by atoms with van der Waals surface area (Å²) in [5.74, 6) is -0.253. The van der Waals surface area contributed by atoms with Gasteiger partial charge in [-0.3, -0.25) is 4.79 Å². The molecule has 0 aromatic heterocycles. The van der Waals surface area contributed by atoms with E-state index in [1.165, 1.54) is 0 Å². The highest BCUT2D eigenvalue weighted by molar-refractivity contribution is 6.42. The summed E-state index contributed by atoms with van der Waals surface area (Å²) in [7, 11) is 0. The minimum Gasteiger partial charge on any atom is -0.450 e. The van der Waals surface area contributed by atoms with Crippen LogP contribution in [0.25, 0.3) is 0 Å². The molecule has 0 spiro atoms. The summed E-state index contributed by atoms with van der Waals surface area (Å²) in [6, 6.07) is 4.88. The highest BCUT2D eigenvalue weighted by Gasteiger charge is 2.24. The Morgan fingerprint density at radius 3 is 2.50 bits per heavy atom. The third-order valence-electron chi connectivity index (χ3n) is 3.42. The standard InChI is InChI=1S/C17H24Cl2N2O3/c1-4-24-17(23)21-15(11(2)3)16(22)20-9-5-6-12-7-8-13(18)14(19)10-12/h7-8,10-11,15H,4-6,9H2,1-3H3,(H,20,22)(H,21,23). The lowest BCUT2D eigenvalue weighted by molar-refractivity contribution is -0.124. The molecule has 0 saturated carbocycles. The van der Waals surface area contributed by atoms with Crippen LogP contribution >= 0.6 is 23.2 Å². The predicted octanol–water partition coefficient (Wildman–Crippen LogP) is 3.81. The molecule has 1 aromatic rings. The molecular formula is C17H24Cl2N2O3. The van der Waals surface area contributed by atoms with Gasteiger partial charge in [-0.1, -0.05) is 43.1 Å². The van der Waals surface area contributed by atoms with Gasteiger partial charge in [-0.05, 0) is 43.4 Å². The first-order valence-electron chi connectivity index (χ1n) is 8.00. The molecule has 5 nitrogen and oxygen atoms in total. The molecule has 1 aromatic carbocycles. The van der Waals surface area contributed by atoms with Crippen molar-refractivity contribution < 1.29 is 14.3 Å². The SMILES string of the molecule is CCOC(=O)NC(C(=O)NCCCc1ccc(Cl)c(Cl)c1)C(C)C. The lowest BCUT2D eigenvalue weighted by Crippen LogP contribution is -2.50. The highest BCUT2D eigenvalue weighted by Crippen LogP contribution is 2.23. The molecule has 7 heteroatoms. The predicted molar refractivity (Wildman–Crippen MR) is 96.6 cm³/mol. The number of carbonyl (C=O) groups is 2. The van der Waals surface area contributed by atoms with Crippen molar-refractivity contribution in [2.45, 2.75) is 39.7 Å². The third kappa shape index (κ3) is 6.97. The molecule has 24 heavy (non-hydrogen) atoms. The van der Waals surface area contributed by atoms with Crippen LogP contribution in [-0.4, -0.2) is 31.2 Å². The molecule has 0 fully saturated rings. The van der Waals surface area contributed by atoms with E-state index in [-0.39, 0.29) is 18.4 Å². The first-order valence-corrected chi connectivity index (χ1v) is 8.75. The summed E-state index contributed by atoms with van der Waals surface area (Å²) in [5, 5.41) is 6.47. The van der Waals surface area contributed by atoms with Crippen LogP contribution < -0.4 is 10.6 Å². The number of rotatable bonds is 8. The van der Waals surface area contributed by atoms with Crippen molar-refractivity contribution in [3.8, 4) is 0 Å². The van der Waals surface area contributed by atoms with Crippen LogP contribution in [0.3, 0.4) is 0 Å². The van der Waals surface area contributed by atoms with E-state index in [1.54, 1.807) is 13.0 Å². The minimum absolute atomic E-state index is 0.0375. The van der Waals surface area contributed by atoms with Crippen LogP contribution in [0.2, 0.25) is 10.0 Å². The van der Waals surface area contributed by atoms with E-state index < -0.39 is 12.1 Å². The number of hydrogen-bond acceptors (Lipinski definition) is 3. The van der Waals surface area contributed by atoms with Crippen molar-refractivity contribution in [2.75, 3.05) is 13.2 Å². The zero-order valence-electron chi connectivity index (χ0n) is 14.2. The molecule has 0 heterocycles. The van der Waals surface area contributed by atoms with E-state index in [9.17, 15) is 9.59 Å². The molecule has 134 valence electrons. The van der Waals surface area contributed by atoms with E-state index in [0.29, 0.717) is 16.6 Å². The zero-order valence-corrected chi connectivity index (χ0v) is 15.7. The fourth-order valence-corrected chi connectivity index (χ4v) is 2.46. The van der Waals surface area contributed by atoms with Gasteiger partial charge in [0.25, 0.3) is 0 Å². The quantitative estimate of drug-likeness (QED) is 0.679. The molecule has 0 radical (unpaired) electrons. The molecule has 1 rings (SSSR count). The topological polar surface area (TPSA) is 67.4 Å². The van der Waals surface area contributed by atoms with E-state index in [2.05, 4.69) is 10.6 Å². The number of halogens is 2. The Balaban J connectivity index is 2.42. The van der Waals surface area contributed by atoms with Gasteiger partial charge in [0.1, 0.15) is 6.04 Å². The maximum Gasteiger partial charge on any atom is 0.407 e. The maximum absolute atomic E-state index is 12.2. The third-order valence-corrected chi connectivity index (χ3v) is 4.16. The van der Waals surface area contributed by atoms with E-state index in [0.717, 1.165) is 18.4 Å². The van der Waals surface area contributed by atoms with Crippen molar-refractivity contribution in [3.05, 3.63) is 33.8 Å². The Bertz CT molecular complexity index is 565. The summed E-state index contributed by atoms with van der Waals surface area (Å²) in [6.45, 7) is 6.22. The van der Waals surface area contributed by atoms with Gasteiger partial charge in [-0.15, -0.1) is 0 Å². The van der Waals surface area contributed by atoms with Crippen molar-refractivity contribution in [2.24, 2.45) is 5.92 Å². The number of aryl methyl sites for hydroxylation is 1. The lowest BCUT2D eigenvalue weighted by Gasteiger charge is -2.21. The van der Waals surface area contributed by atoms with Crippen LogP contribution in [0, 0.1) is 5.92 Å². The van der Waals surface area contributed by atoms with Crippen molar-refractivity contribution in [1.29, 1.82) is 0 Å². The Kier molecular flexibility index (Phi) is 8.93. The second-order valence-corrected chi connectivity index (χ2v) is 6.54. The molecule has 1 atom stereocenters. The van der Waals surface area contributed by atoms with Crippen LogP contribution in [-0.2, 0) is 16.0 Å². The second kappa shape index (κ2) is 10.4. The Morgan fingerprint density at radius 2 is 1.92 bits per heavy atom. The number of ether oxygens (including phenoxy) is 1. The monoisotopic (exact) mass is 374 g/mol. The van der Waals surface area contributed by atoms with E-state index in [1.807, 2.05) is 26.0 Å². The smallest absolute Gasteiger partial charge is 0.407 e. The average Bonchev–Trinajstić information content (AvgIpc) is 2.52. The number of alkyl carbamates (subject to hydrolysis) is 1. The number of amides is 2. The molecule has 0 aliphatic rings. The van der Waals surface area contributed by atoms with Gasteiger partial charge in [0.05, 0.1) is 16.7 Å². The van der Waals surface area contributed by atoms with Gasteiger partial charge in [-0.2, -0.15) is 0 Å². The van der Waals surface area contributed by atoms with Crippen LogP contribution in [0.1, 0.15) is 32.8 Å². The first kappa shape index (κ1) is 20.6. The van der Waals surface area contributed by atoms with E-state index >= 15 is 0 Å². The van der Waals surface area contributed by atoms with Crippen molar-refractivity contribution in [1.82, 2.24) is 10.6 Å². The number of nitrogens with one attached hydrogen (secondary N) is 2. The van der Waals surface area contributed by atoms with Gasteiger partial charge in [0.15, 0.2) is 0 Å². The minimum atomic E-state index is -0.617. The molecule has 0 aliphatic carbocycles. The summed E-state index contributed by atoms with van der Waals surface area (Å²) >= 11 is 11.9. The molecule has 1 unspecified atom stereocenters. The first-order chi connectivity index (χ1) is 11.3. The van der Waals surface area contributed by atoms with Gasteiger partial charge in [0.2, 0.25) is 5.91 Å².